The summed E-state index contributed by atoms with van der Waals surface area (Å²) >= 11 is 0. The first-order valence-corrected chi connectivity index (χ1v) is 11.4. The maximum absolute atomic E-state index is 12.7. The first-order chi connectivity index (χ1) is 15.1. The van der Waals surface area contributed by atoms with Crippen LogP contribution < -0.4 is 0 Å². The third-order valence-corrected chi connectivity index (χ3v) is 5.93. The zero-order valence-corrected chi connectivity index (χ0v) is 19.0. The first-order valence-electron chi connectivity index (χ1n) is 10.0. The smallest absolute Gasteiger partial charge is 0.419 e. The fourth-order valence-corrected chi connectivity index (χ4v) is 4.15. The Bertz CT molecular complexity index is 1260. The van der Waals surface area contributed by atoms with Crippen molar-refractivity contribution in [1.82, 2.24) is 8.87 Å². The van der Waals surface area contributed by atoms with Gasteiger partial charge in [0.15, 0.2) is 0 Å². The minimum atomic E-state index is -4.18. The van der Waals surface area contributed by atoms with Gasteiger partial charge in [-0.15, -0.1) is 0 Å². The molecule has 0 aliphatic rings. The molecule has 10 heteroatoms. The van der Waals surface area contributed by atoms with Crippen LogP contribution >= 0.6 is 0 Å². The van der Waals surface area contributed by atoms with Crippen LogP contribution in [0.3, 0.4) is 0 Å². The number of carbonyl (C=O) groups excluding carboxylic acids is 1. The summed E-state index contributed by atoms with van der Waals surface area (Å²) in [7, 11) is -4.18. The molecule has 0 aliphatic carbocycles. The average Bonchev–Trinajstić information content (AvgIpc) is 3.09. The molecule has 3 rings (SSSR count). The normalized spacial score (nSPS) is 12.0. The molecule has 2 aromatic carbocycles. The van der Waals surface area contributed by atoms with Gasteiger partial charge in [0.1, 0.15) is 5.60 Å². The number of aromatic nitrogens is 1. The second-order valence-electron chi connectivity index (χ2n) is 8.24. The summed E-state index contributed by atoms with van der Waals surface area (Å²) in [6, 6.07) is 16.4. The first kappa shape index (κ1) is 23.3. The zero-order valence-electron chi connectivity index (χ0n) is 18.2. The van der Waals surface area contributed by atoms with E-state index in [-0.39, 0.29) is 13.1 Å². The molecule has 0 amide bonds. The van der Waals surface area contributed by atoms with Crippen molar-refractivity contribution in [3.05, 3.63) is 82.4 Å². The van der Waals surface area contributed by atoms with Crippen LogP contribution in [-0.2, 0) is 27.9 Å². The second-order valence-corrected chi connectivity index (χ2v) is 9.82. The van der Waals surface area contributed by atoms with Gasteiger partial charge in [0.05, 0.1) is 5.52 Å². The number of nitrogens with zero attached hydrogens (tertiary/aromatic N) is 5. The van der Waals surface area contributed by atoms with Gasteiger partial charge in [-0.2, -0.15) is 4.31 Å². The van der Waals surface area contributed by atoms with Crippen LogP contribution in [0.1, 0.15) is 31.9 Å². The standard InChI is InChI=1S/C22H25N5O4S/c1-22(2,3)31-21(28)27-16-18(19-11-7-8-12-20(19)27)13-14-26(32(29,30)25-24-23)15-17-9-5-4-6-10-17/h4-12,16H,13-15H2,1-3H3. The molecule has 0 radical (unpaired) electrons. The van der Waals surface area contributed by atoms with Gasteiger partial charge in [0, 0.05) is 34.1 Å². The molecule has 0 aliphatic heterocycles. The van der Waals surface area contributed by atoms with Gasteiger partial charge in [0.25, 0.3) is 0 Å². The molecule has 0 bridgehead atoms. The molecule has 0 spiro atoms. The maximum atomic E-state index is 12.7. The highest BCUT2D eigenvalue weighted by atomic mass is 32.2. The summed E-state index contributed by atoms with van der Waals surface area (Å²) in [6.07, 6.45) is 1.46. The maximum Gasteiger partial charge on any atom is 0.419 e. The summed E-state index contributed by atoms with van der Waals surface area (Å²) in [5.41, 5.74) is 10.3. The van der Waals surface area contributed by atoms with Gasteiger partial charge in [-0.3, -0.25) is 4.57 Å². The van der Waals surface area contributed by atoms with E-state index in [1.54, 1.807) is 45.2 Å². The molecule has 1 heterocycles. The van der Waals surface area contributed by atoms with Gasteiger partial charge in [-0.25, -0.2) is 13.2 Å². The van der Waals surface area contributed by atoms with Crippen molar-refractivity contribution >= 4 is 27.2 Å². The van der Waals surface area contributed by atoms with E-state index in [1.165, 1.54) is 4.57 Å². The lowest BCUT2D eigenvalue weighted by atomic mass is 10.1. The van der Waals surface area contributed by atoms with Gasteiger partial charge in [-0.1, -0.05) is 48.5 Å². The molecule has 0 saturated carbocycles. The van der Waals surface area contributed by atoms with Gasteiger partial charge in [-0.05, 0) is 49.9 Å². The molecule has 168 valence electrons. The van der Waals surface area contributed by atoms with Crippen LogP contribution in [0, 0.1) is 0 Å². The number of hydrogen-bond acceptors (Lipinski definition) is 4. The van der Waals surface area contributed by atoms with Gasteiger partial charge in [0.2, 0.25) is 0 Å². The number of para-hydroxylation sites is 1. The van der Waals surface area contributed by atoms with Crippen molar-refractivity contribution in [2.24, 2.45) is 4.52 Å². The van der Waals surface area contributed by atoms with Crippen LogP contribution in [0.5, 0.6) is 0 Å². The van der Waals surface area contributed by atoms with Crippen molar-refractivity contribution in [2.75, 3.05) is 6.54 Å². The predicted molar refractivity (Wildman–Crippen MR) is 122 cm³/mol. The minimum Gasteiger partial charge on any atom is -0.443 e. The van der Waals surface area contributed by atoms with E-state index >= 15 is 0 Å². The number of azide groups is 1. The number of benzene rings is 2. The van der Waals surface area contributed by atoms with E-state index in [9.17, 15) is 13.2 Å². The van der Waals surface area contributed by atoms with Crippen LogP contribution in [0.15, 0.2) is 65.3 Å². The Morgan fingerprint density at radius 2 is 1.78 bits per heavy atom. The van der Waals surface area contributed by atoms with Crippen molar-refractivity contribution in [2.45, 2.75) is 39.3 Å². The summed E-state index contributed by atoms with van der Waals surface area (Å²) in [4.78, 5) is 15.2. The van der Waals surface area contributed by atoms with Crippen molar-refractivity contribution in [3.8, 4) is 0 Å². The quantitative estimate of drug-likeness (QED) is 0.282. The number of hydrogen-bond donors (Lipinski definition) is 0. The minimum absolute atomic E-state index is 0.0624. The van der Waals surface area contributed by atoms with Gasteiger partial charge < -0.3 is 4.74 Å². The third-order valence-electron chi connectivity index (χ3n) is 4.68. The van der Waals surface area contributed by atoms with Crippen LogP contribution in [-0.4, -0.2) is 35.5 Å². The summed E-state index contributed by atoms with van der Waals surface area (Å²) < 4.78 is 36.1. The molecule has 0 fully saturated rings. The Hall–Kier alpha value is -3.33. The van der Waals surface area contributed by atoms with E-state index in [2.05, 4.69) is 9.43 Å². The SMILES string of the molecule is CC(C)(C)OC(=O)n1cc(CCN(Cc2ccccc2)S(=O)(=O)N=[N+]=[N-])c2ccccc21. The van der Waals surface area contributed by atoms with E-state index in [0.29, 0.717) is 11.9 Å². The summed E-state index contributed by atoms with van der Waals surface area (Å²) in [6.45, 7) is 5.50. The molecule has 1 aromatic heterocycles. The Labute approximate surface area is 187 Å². The van der Waals surface area contributed by atoms with Crippen LogP contribution in [0.25, 0.3) is 21.3 Å². The number of carbonyl (C=O) groups is 1. The molecule has 32 heavy (non-hydrogen) atoms. The van der Waals surface area contributed by atoms with E-state index in [0.717, 1.165) is 20.8 Å². The lowest BCUT2D eigenvalue weighted by Crippen LogP contribution is -2.30. The number of rotatable bonds is 7. The summed E-state index contributed by atoms with van der Waals surface area (Å²) in [5, 5.41) is 0.819. The van der Waals surface area contributed by atoms with Crippen molar-refractivity contribution < 1.29 is 17.9 Å². The molecule has 9 nitrogen and oxygen atoms in total. The Kier molecular flexibility index (Phi) is 6.88. The highest BCUT2D eigenvalue weighted by Crippen LogP contribution is 2.24. The van der Waals surface area contributed by atoms with E-state index < -0.39 is 21.9 Å². The van der Waals surface area contributed by atoms with E-state index in [1.807, 2.05) is 36.4 Å². The second kappa shape index (κ2) is 9.44. The topological polar surface area (TPSA) is 117 Å². The van der Waals surface area contributed by atoms with Gasteiger partial charge >= 0.3 is 16.3 Å². The Balaban J connectivity index is 1.91. The lowest BCUT2D eigenvalue weighted by molar-refractivity contribution is 0.0544. The highest BCUT2D eigenvalue weighted by Gasteiger charge is 2.23. The molecule has 3 aromatic rings. The highest BCUT2D eigenvalue weighted by molar-refractivity contribution is 7.87. The monoisotopic (exact) mass is 455 g/mol. The number of fused-ring (bicyclic) bond motifs is 1. The zero-order chi connectivity index (χ0) is 23.4. The fourth-order valence-electron chi connectivity index (χ4n) is 3.32. The molecule has 0 unspecified atom stereocenters. The Morgan fingerprint density at radius 3 is 2.44 bits per heavy atom. The van der Waals surface area contributed by atoms with E-state index in [4.69, 9.17) is 10.3 Å². The van der Waals surface area contributed by atoms with Crippen molar-refractivity contribution in [1.29, 1.82) is 0 Å². The molecule has 0 N–H and O–H groups in total. The molecular weight excluding hydrogens is 430 g/mol. The fraction of sp³-hybridized carbons (Fsp3) is 0.318. The third kappa shape index (κ3) is 5.67. The molecular formula is C22H25N5O4S. The predicted octanol–water partition coefficient (Wildman–Crippen LogP) is 5.02. The largest absolute Gasteiger partial charge is 0.443 e. The number of ether oxygens (including phenoxy) is 1. The van der Waals surface area contributed by atoms with Crippen LogP contribution in [0.4, 0.5) is 4.79 Å². The summed E-state index contributed by atoms with van der Waals surface area (Å²) in [5.74, 6) is 0. The Morgan fingerprint density at radius 1 is 1.12 bits per heavy atom. The average molecular weight is 456 g/mol. The van der Waals surface area contributed by atoms with Crippen LogP contribution in [0.2, 0.25) is 0 Å². The molecule has 0 atom stereocenters. The molecule has 0 saturated heterocycles. The van der Waals surface area contributed by atoms with Crippen molar-refractivity contribution in [3.63, 3.8) is 0 Å². The lowest BCUT2D eigenvalue weighted by Gasteiger charge is -2.20.